The minimum absolute atomic E-state index is 0.0347. The number of hydrogen-bond acceptors (Lipinski definition) is 4. The van der Waals surface area contributed by atoms with Crippen molar-refractivity contribution in [2.75, 3.05) is 6.54 Å². The minimum Gasteiger partial charge on any atom is -0.268 e. The standard InChI is InChI=1S/C7H9N3O3S/c1-4-6-5(7(11)10-9-4)2-3-8-14(6,12)13/h8H,2-3H2,1H3,(H,10,11). The fourth-order valence-corrected chi connectivity index (χ4v) is 3.01. The maximum atomic E-state index is 11.5. The van der Waals surface area contributed by atoms with Gasteiger partial charge < -0.3 is 0 Å². The Kier molecular flexibility index (Phi) is 1.93. The first-order chi connectivity index (χ1) is 6.52. The lowest BCUT2D eigenvalue weighted by Crippen LogP contribution is -2.37. The van der Waals surface area contributed by atoms with Gasteiger partial charge in [0.1, 0.15) is 4.90 Å². The number of aryl methyl sites for hydroxylation is 1. The molecule has 1 aromatic heterocycles. The minimum atomic E-state index is -3.53. The summed E-state index contributed by atoms with van der Waals surface area (Å²) in [6, 6.07) is 0. The third kappa shape index (κ3) is 1.25. The Morgan fingerprint density at radius 2 is 2.14 bits per heavy atom. The molecule has 2 N–H and O–H groups in total. The van der Waals surface area contributed by atoms with Gasteiger partial charge in [-0.3, -0.25) is 4.79 Å². The van der Waals surface area contributed by atoms with E-state index in [1.54, 1.807) is 6.92 Å². The van der Waals surface area contributed by atoms with Crippen LogP contribution in [-0.2, 0) is 16.4 Å². The van der Waals surface area contributed by atoms with E-state index in [1.165, 1.54) is 0 Å². The zero-order valence-electron chi connectivity index (χ0n) is 7.49. The molecule has 1 aliphatic rings. The molecule has 0 saturated carbocycles. The molecule has 2 heterocycles. The van der Waals surface area contributed by atoms with Crippen molar-refractivity contribution in [1.82, 2.24) is 14.9 Å². The predicted molar refractivity (Wildman–Crippen MR) is 48.5 cm³/mol. The lowest BCUT2D eigenvalue weighted by molar-refractivity contribution is 0.568. The predicted octanol–water partition coefficient (Wildman–Crippen LogP) is -1.09. The second kappa shape index (κ2) is 2.89. The van der Waals surface area contributed by atoms with Crippen LogP contribution in [0.3, 0.4) is 0 Å². The Labute approximate surface area is 80.4 Å². The molecule has 7 heteroatoms. The lowest BCUT2D eigenvalue weighted by Gasteiger charge is -2.16. The van der Waals surface area contributed by atoms with E-state index in [-0.39, 0.29) is 11.4 Å². The SMILES string of the molecule is Cc1n[nH]c(=O)c2c1S(=O)(=O)NCC2. The van der Waals surface area contributed by atoms with E-state index >= 15 is 0 Å². The van der Waals surface area contributed by atoms with Crippen molar-refractivity contribution in [2.45, 2.75) is 18.2 Å². The number of nitrogens with one attached hydrogen (secondary N) is 2. The van der Waals surface area contributed by atoms with E-state index in [1.807, 2.05) is 0 Å². The molecule has 0 bridgehead atoms. The van der Waals surface area contributed by atoms with Gasteiger partial charge in [-0.15, -0.1) is 0 Å². The third-order valence-corrected chi connectivity index (χ3v) is 3.80. The van der Waals surface area contributed by atoms with Crippen molar-refractivity contribution in [3.05, 3.63) is 21.6 Å². The van der Waals surface area contributed by atoms with Crippen LogP contribution in [-0.4, -0.2) is 25.2 Å². The van der Waals surface area contributed by atoms with Gasteiger partial charge in [-0.25, -0.2) is 18.2 Å². The van der Waals surface area contributed by atoms with Crippen LogP contribution >= 0.6 is 0 Å². The smallest absolute Gasteiger partial charge is 0.268 e. The highest BCUT2D eigenvalue weighted by Gasteiger charge is 2.27. The van der Waals surface area contributed by atoms with Crippen LogP contribution in [0.25, 0.3) is 0 Å². The molecule has 76 valence electrons. The van der Waals surface area contributed by atoms with Gasteiger partial charge in [0.15, 0.2) is 0 Å². The number of aromatic amines is 1. The largest absolute Gasteiger partial charge is 0.268 e. The van der Waals surface area contributed by atoms with Gasteiger partial charge >= 0.3 is 0 Å². The van der Waals surface area contributed by atoms with Gasteiger partial charge in [0, 0.05) is 12.1 Å². The van der Waals surface area contributed by atoms with Crippen LogP contribution in [0.5, 0.6) is 0 Å². The maximum absolute atomic E-state index is 11.5. The van der Waals surface area contributed by atoms with E-state index in [9.17, 15) is 13.2 Å². The zero-order valence-corrected chi connectivity index (χ0v) is 8.31. The summed E-state index contributed by atoms with van der Waals surface area (Å²) in [4.78, 5) is 11.3. The van der Waals surface area contributed by atoms with Crippen LogP contribution in [0.2, 0.25) is 0 Å². The Balaban J connectivity index is 2.88. The second-order valence-electron chi connectivity index (χ2n) is 3.09. The van der Waals surface area contributed by atoms with Crippen LogP contribution < -0.4 is 10.3 Å². The highest BCUT2D eigenvalue weighted by molar-refractivity contribution is 7.89. The summed E-state index contributed by atoms with van der Waals surface area (Å²) in [5.41, 5.74) is 0.207. The Morgan fingerprint density at radius 1 is 1.43 bits per heavy atom. The molecule has 14 heavy (non-hydrogen) atoms. The van der Waals surface area contributed by atoms with Crippen molar-refractivity contribution in [1.29, 1.82) is 0 Å². The molecular formula is C7H9N3O3S. The second-order valence-corrected chi connectivity index (χ2v) is 4.80. The monoisotopic (exact) mass is 215 g/mol. The number of aromatic nitrogens is 2. The van der Waals surface area contributed by atoms with E-state index in [2.05, 4.69) is 14.9 Å². The van der Waals surface area contributed by atoms with E-state index in [0.717, 1.165) is 0 Å². The molecule has 0 atom stereocenters. The molecule has 0 radical (unpaired) electrons. The molecule has 6 nitrogen and oxygen atoms in total. The first-order valence-corrected chi connectivity index (χ1v) is 5.58. The number of H-pyrrole nitrogens is 1. The number of nitrogens with zero attached hydrogens (tertiary/aromatic N) is 1. The molecule has 0 unspecified atom stereocenters. The topological polar surface area (TPSA) is 91.9 Å². The third-order valence-electron chi connectivity index (χ3n) is 2.14. The zero-order chi connectivity index (χ0) is 10.3. The number of hydrogen-bond donors (Lipinski definition) is 2. The number of rotatable bonds is 0. The summed E-state index contributed by atoms with van der Waals surface area (Å²) in [7, 11) is -3.53. The van der Waals surface area contributed by atoms with E-state index < -0.39 is 15.6 Å². The molecule has 0 fully saturated rings. The van der Waals surface area contributed by atoms with Crippen LogP contribution in [0.1, 0.15) is 11.3 Å². The van der Waals surface area contributed by atoms with Gasteiger partial charge in [-0.1, -0.05) is 0 Å². The summed E-state index contributed by atoms with van der Waals surface area (Å²) < 4.78 is 25.4. The van der Waals surface area contributed by atoms with Crippen molar-refractivity contribution in [3.63, 3.8) is 0 Å². The average Bonchev–Trinajstić information content (AvgIpc) is 2.10. The Morgan fingerprint density at radius 3 is 2.79 bits per heavy atom. The average molecular weight is 215 g/mol. The van der Waals surface area contributed by atoms with E-state index in [0.29, 0.717) is 17.7 Å². The van der Waals surface area contributed by atoms with Crippen molar-refractivity contribution < 1.29 is 8.42 Å². The van der Waals surface area contributed by atoms with Gasteiger partial charge in [-0.05, 0) is 13.3 Å². The summed E-state index contributed by atoms with van der Waals surface area (Å²) in [5, 5.41) is 5.90. The lowest BCUT2D eigenvalue weighted by atomic mass is 10.2. The maximum Gasteiger partial charge on any atom is 0.268 e. The first-order valence-electron chi connectivity index (χ1n) is 4.10. The molecular weight excluding hydrogens is 206 g/mol. The molecule has 0 spiro atoms. The fraction of sp³-hybridized carbons (Fsp3) is 0.429. The number of sulfonamides is 1. The van der Waals surface area contributed by atoms with Crippen molar-refractivity contribution in [2.24, 2.45) is 0 Å². The Hall–Kier alpha value is -1.21. The summed E-state index contributed by atoms with van der Waals surface area (Å²) in [6.07, 6.45) is 0.410. The van der Waals surface area contributed by atoms with Crippen LogP contribution in [0.15, 0.2) is 9.69 Å². The molecule has 0 aromatic carbocycles. The normalized spacial score (nSPS) is 18.9. The van der Waals surface area contributed by atoms with E-state index in [4.69, 9.17) is 0 Å². The van der Waals surface area contributed by atoms with Crippen LogP contribution in [0, 0.1) is 6.92 Å². The summed E-state index contributed by atoms with van der Waals surface area (Å²) >= 11 is 0. The summed E-state index contributed by atoms with van der Waals surface area (Å²) in [5.74, 6) is 0. The van der Waals surface area contributed by atoms with Crippen LogP contribution in [0.4, 0.5) is 0 Å². The fourth-order valence-electron chi connectivity index (χ4n) is 1.54. The quantitative estimate of drug-likeness (QED) is 0.575. The number of fused-ring (bicyclic) bond motifs is 1. The first kappa shape index (κ1) is 9.35. The molecule has 2 rings (SSSR count). The molecule has 0 amide bonds. The van der Waals surface area contributed by atoms with Gasteiger partial charge in [0.05, 0.1) is 5.69 Å². The molecule has 1 aromatic rings. The van der Waals surface area contributed by atoms with Gasteiger partial charge in [0.2, 0.25) is 10.0 Å². The summed E-state index contributed by atoms with van der Waals surface area (Å²) in [6.45, 7) is 1.82. The van der Waals surface area contributed by atoms with Crippen molar-refractivity contribution >= 4 is 10.0 Å². The van der Waals surface area contributed by atoms with Crippen molar-refractivity contribution in [3.8, 4) is 0 Å². The Bertz CT molecular complexity index is 532. The highest BCUT2D eigenvalue weighted by atomic mass is 32.2. The molecule has 0 saturated heterocycles. The molecule has 1 aliphatic heterocycles. The molecule has 0 aliphatic carbocycles. The van der Waals surface area contributed by atoms with Gasteiger partial charge in [-0.2, -0.15) is 5.10 Å². The van der Waals surface area contributed by atoms with Gasteiger partial charge in [0.25, 0.3) is 5.56 Å². The highest BCUT2D eigenvalue weighted by Crippen LogP contribution is 2.18.